The van der Waals surface area contributed by atoms with Crippen molar-refractivity contribution in [1.29, 1.82) is 0 Å². The molecule has 3 N–H and O–H groups in total. The van der Waals surface area contributed by atoms with Crippen LogP contribution in [-0.4, -0.2) is 10.8 Å². The third-order valence-electron chi connectivity index (χ3n) is 4.56. The van der Waals surface area contributed by atoms with Gasteiger partial charge in [-0.05, 0) is 42.3 Å². The largest absolute Gasteiger partial charge is 0.375 e. The molecule has 0 aromatic heterocycles. The highest BCUT2D eigenvalue weighted by molar-refractivity contribution is 7.80. The zero-order chi connectivity index (χ0) is 11.2. The first-order valence-corrected chi connectivity index (χ1v) is 5.95. The van der Waals surface area contributed by atoms with Crippen molar-refractivity contribution in [2.45, 2.75) is 33.6 Å². The van der Waals surface area contributed by atoms with Gasteiger partial charge in [0.15, 0.2) is 5.11 Å². The molecule has 3 nitrogen and oxygen atoms in total. The van der Waals surface area contributed by atoms with E-state index < -0.39 is 0 Å². The topological polar surface area (TPSA) is 50.4 Å². The summed E-state index contributed by atoms with van der Waals surface area (Å²) in [5, 5.41) is 4.58. The summed E-state index contributed by atoms with van der Waals surface area (Å²) >= 11 is 4.75. The summed E-state index contributed by atoms with van der Waals surface area (Å²) in [5.74, 6) is 2.12. The second-order valence-corrected chi connectivity index (χ2v) is 5.87. The van der Waals surface area contributed by atoms with Crippen molar-refractivity contribution in [3.63, 3.8) is 0 Å². The van der Waals surface area contributed by atoms with E-state index in [9.17, 15) is 0 Å². The molecule has 0 spiro atoms. The number of hydrazone groups is 1. The van der Waals surface area contributed by atoms with Gasteiger partial charge in [0.05, 0.1) is 0 Å². The number of fused-ring (bicyclic) bond motifs is 2. The van der Waals surface area contributed by atoms with Crippen LogP contribution in [0.25, 0.3) is 0 Å². The Labute approximate surface area is 96.5 Å². The third-order valence-corrected chi connectivity index (χ3v) is 4.65. The van der Waals surface area contributed by atoms with Crippen molar-refractivity contribution in [2.24, 2.45) is 34.0 Å². The van der Waals surface area contributed by atoms with E-state index in [0.717, 1.165) is 12.3 Å². The molecular formula is C11H19N3S. The van der Waals surface area contributed by atoms with Crippen molar-refractivity contribution in [3.05, 3.63) is 0 Å². The summed E-state index contributed by atoms with van der Waals surface area (Å²) in [7, 11) is 0. The van der Waals surface area contributed by atoms with Gasteiger partial charge in [-0.15, -0.1) is 0 Å². The minimum atomic E-state index is 0.261. The quantitative estimate of drug-likeness (QED) is 0.529. The second kappa shape index (κ2) is 3.44. The minimum absolute atomic E-state index is 0.261. The first-order chi connectivity index (χ1) is 6.93. The molecule has 0 aromatic rings. The number of nitrogens with zero attached hydrogens (tertiary/aromatic N) is 1. The van der Waals surface area contributed by atoms with Gasteiger partial charge in [-0.25, -0.2) is 0 Å². The Morgan fingerprint density at radius 1 is 1.60 bits per heavy atom. The Kier molecular flexibility index (Phi) is 2.49. The summed E-state index contributed by atoms with van der Waals surface area (Å²) in [6.07, 6.45) is 2.39. The van der Waals surface area contributed by atoms with E-state index in [1.165, 1.54) is 12.1 Å². The van der Waals surface area contributed by atoms with Gasteiger partial charge in [0.2, 0.25) is 0 Å². The van der Waals surface area contributed by atoms with Gasteiger partial charge in [-0.1, -0.05) is 20.8 Å². The molecule has 0 aromatic carbocycles. The van der Waals surface area contributed by atoms with Gasteiger partial charge in [0.25, 0.3) is 0 Å². The van der Waals surface area contributed by atoms with Crippen LogP contribution in [-0.2, 0) is 0 Å². The first kappa shape index (κ1) is 10.9. The van der Waals surface area contributed by atoms with Crippen LogP contribution in [0.15, 0.2) is 5.10 Å². The molecule has 84 valence electrons. The van der Waals surface area contributed by atoms with E-state index in [-0.39, 0.29) is 5.11 Å². The number of rotatable bonds is 1. The van der Waals surface area contributed by atoms with Crippen molar-refractivity contribution >= 4 is 23.0 Å². The van der Waals surface area contributed by atoms with E-state index in [1.807, 2.05) is 0 Å². The van der Waals surface area contributed by atoms with E-state index in [2.05, 4.69) is 31.3 Å². The van der Waals surface area contributed by atoms with Crippen LogP contribution < -0.4 is 11.2 Å². The van der Waals surface area contributed by atoms with Crippen molar-refractivity contribution in [2.75, 3.05) is 0 Å². The molecule has 2 bridgehead atoms. The van der Waals surface area contributed by atoms with Gasteiger partial charge in [0, 0.05) is 11.6 Å². The maximum Gasteiger partial charge on any atom is 0.184 e. The summed E-state index contributed by atoms with van der Waals surface area (Å²) in [5.41, 5.74) is 9.82. The van der Waals surface area contributed by atoms with Crippen LogP contribution in [0.2, 0.25) is 0 Å². The number of thiocarbonyl (C=S) groups is 1. The summed E-state index contributed by atoms with van der Waals surface area (Å²) in [4.78, 5) is 0. The van der Waals surface area contributed by atoms with Gasteiger partial charge in [-0.3, -0.25) is 5.43 Å². The lowest BCUT2D eigenvalue weighted by Crippen LogP contribution is -2.35. The average molecular weight is 225 g/mol. The molecule has 15 heavy (non-hydrogen) atoms. The standard InChI is InChI=1S/C11H19N3S/c1-6-8-4-7(11(6,2)3)5-9(8)13-14-10(12)15/h6-8H,4-5H2,1-3H3,(H3,12,14,15)/b13-9+/t6-,7-,8-/m0/s1. The van der Waals surface area contributed by atoms with Gasteiger partial charge in [0.1, 0.15) is 0 Å². The van der Waals surface area contributed by atoms with Crippen molar-refractivity contribution in [1.82, 2.24) is 5.43 Å². The SMILES string of the molecule is C[C@H]1[C@@H]2C[C@@H](C/C2=N\NC(N)=S)C1(C)C. The van der Waals surface area contributed by atoms with E-state index in [0.29, 0.717) is 17.3 Å². The maximum absolute atomic E-state index is 5.37. The van der Waals surface area contributed by atoms with E-state index >= 15 is 0 Å². The Bertz CT molecular complexity index is 318. The highest BCUT2D eigenvalue weighted by atomic mass is 32.1. The zero-order valence-electron chi connectivity index (χ0n) is 9.58. The van der Waals surface area contributed by atoms with E-state index in [1.54, 1.807) is 0 Å². The fourth-order valence-corrected chi connectivity index (χ4v) is 3.18. The maximum atomic E-state index is 5.37. The number of hydrogen-bond donors (Lipinski definition) is 2. The second-order valence-electron chi connectivity index (χ2n) is 5.43. The molecule has 0 aliphatic heterocycles. The normalized spacial score (nSPS) is 39.7. The Morgan fingerprint density at radius 3 is 2.73 bits per heavy atom. The molecule has 0 amide bonds. The molecule has 0 radical (unpaired) electrons. The predicted molar refractivity (Wildman–Crippen MR) is 66.5 cm³/mol. The molecule has 4 heteroatoms. The fourth-order valence-electron chi connectivity index (χ4n) is 3.13. The lowest BCUT2D eigenvalue weighted by molar-refractivity contribution is 0.182. The average Bonchev–Trinajstić information content (AvgIpc) is 2.64. The minimum Gasteiger partial charge on any atom is -0.375 e. The van der Waals surface area contributed by atoms with Gasteiger partial charge in [-0.2, -0.15) is 5.10 Å². The lowest BCUT2D eigenvalue weighted by Gasteiger charge is -2.36. The van der Waals surface area contributed by atoms with Gasteiger partial charge >= 0.3 is 0 Å². The number of nitrogens with two attached hydrogens (primary N) is 1. The van der Waals surface area contributed by atoms with Crippen molar-refractivity contribution in [3.8, 4) is 0 Å². The monoisotopic (exact) mass is 225 g/mol. The highest BCUT2D eigenvalue weighted by Gasteiger charge is 2.53. The summed E-state index contributed by atoms with van der Waals surface area (Å²) in [6.45, 7) is 7.08. The van der Waals surface area contributed by atoms with Crippen LogP contribution in [0.5, 0.6) is 0 Å². The highest BCUT2D eigenvalue weighted by Crippen LogP contribution is 2.57. The molecule has 3 atom stereocenters. The Morgan fingerprint density at radius 2 is 2.27 bits per heavy atom. The smallest absolute Gasteiger partial charge is 0.184 e. The van der Waals surface area contributed by atoms with Crippen LogP contribution >= 0.6 is 12.2 Å². The van der Waals surface area contributed by atoms with Crippen LogP contribution in [0.4, 0.5) is 0 Å². The molecule has 2 saturated carbocycles. The van der Waals surface area contributed by atoms with E-state index in [4.69, 9.17) is 18.0 Å². The van der Waals surface area contributed by atoms with Crippen LogP contribution in [0.1, 0.15) is 33.6 Å². The first-order valence-electron chi connectivity index (χ1n) is 5.55. The Hall–Kier alpha value is -0.640. The molecule has 0 heterocycles. The molecule has 2 fully saturated rings. The summed E-state index contributed by atoms with van der Waals surface area (Å²) in [6, 6.07) is 0. The number of nitrogens with one attached hydrogen (secondary N) is 1. The van der Waals surface area contributed by atoms with Crippen LogP contribution in [0.3, 0.4) is 0 Å². The predicted octanol–water partition coefficient (Wildman–Crippen LogP) is 1.88. The molecule has 0 unspecified atom stereocenters. The molecule has 0 saturated heterocycles. The Balaban J connectivity index is 2.12. The summed E-state index contributed by atoms with van der Waals surface area (Å²) < 4.78 is 0. The third kappa shape index (κ3) is 1.65. The molecular weight excluding hydrogens is 206 g/mol. The van der Waals surface area contributed by atoms with Gasteiger partial charge < -0.3 is 5.73 Å². The fraction of sp³-hybridized carbons (Fsp3) is 0.818. The molecule has 2 aliphatic carbocycles. The molecule has 2 aliphatic rings. The molecule has 2 rings (SSSR count). The lowest BCUT2D eigenvalue weighted by atomic mass is 9.69. The number of hydrogen-bond acceptors (Lipinski definition) is 2. The van der Waals surface area contributed by atoms with Crippen molar-refractivity contribution < 1.29 is 0 Å². The van der Waals surface area contributed by atoms with Crippen LogP contribution in [0, 0.1) is 23.2 Å². The zero-order valence-corrected chi connectivity index (χ0v) is 10.4.